The van der Waals surface area contributed by atoms with E-state index in [0.29, 0.717) is 16.8 Å². The van der Waals surface area contributed by atoms with E-state index in [4.69, 9.17) is 16.3 Å². The molecule has 2 nitrogen and oxygen atoms in total. The molecule has 0 bridgehead atoms. The lowest BCUT2D eigenvalue weighted by atomic mass is 10.2. The molecule has 0 spiro atoms. The van der Waals surface area contributed by atoms with Crippen LogP contribution in [0.1, 0.15) is 38.2 Å². The molecule has 76 valence electrons. The van der Waals surface area contributed by atoms with Gasteiger partial charge in [-0.25, -0.2) is 4.98 Å². The normalized spacial score (nSPS) is 16.0. The van der Waals surface area contributed by atoms with E-state index in [0.717, 1.165) is 0 Å². The molecule has 0 aliphatic heterocycles. The van der Waals surface area contributed by atoms with Crippen LogP contribution in [0.5, 0.6) is 5.88 Å². The van der Waals surface area contributed by atoms with E-state index in [1.807, 2.05) is 26.1 Å². The second-order valence-corrected chi connectivity index (χ2v) is 4.40. The van der Waals surface area contributed by atoms with E-state index in [1.54, 1.807) is 0 Å². The van der Waals surface area contributed by atoms with Gasteiger partial charge in [0.25, 0.3) is 0 Å². The molecule has 1 aliphatic rings. The highest BCUT2D eigenvalue weighted by Crippen LogP contribution is 2.41. The number of rotatable bonds is 3. The molecule has 0 N–H and O–H groups in total. The molecule has 3 heteroatoms. The smallest absolute Gasteiger partial charge is 0.232 e. The summed E-state index contributed by atoms with van der Waals surface area (Å²) in [6.45, 7) is 3.93. The van der Waals surface area contributed by atoms with Gasteiger partial charge < -0.3 is 4.74 Å². The summed E-state index contributed by atoms with van der Waals surface area (Å²) in [4.78, 5) is 4.23. The van der Waals surface area contributed by atoms with E-state index >= 15 is 0 Å². The summed E-state index contributed by atoms with van der Waals surface area (Å²) in [6, 6.07) is 1.98. The predicted octanol–water partition coefficient (Wildman–Crippen LogP) is 3.40. The minimum Gasteiger partial charge on any atom is -0.474 e. The van der Waals surface area contributed by atoms with Crippen molar-refractivity contribution in [3.63, 3.8) is 0 Å². The van der Waals surface area contributed by atoms with E-state index < -0.39 is 0 Å². The SMILES string of the molecule is CC(C)Oc1ncc(C2CC2)cc1Cl. The van der Waals surface area contributed by atoms with Crippen LogP contribution in [0.3, 0.4) is 0 Å². The Morgan fingerprint density at radius 2 is 2.21 bits per heavy atom. The van der Waals surface area contributed by atoms with Crippen LogP contribution in [0.4, 0.5) is 0 Å². The number of ether oxygens (including phenoxy) is 1. The lowest BCUT2D eigenvalue weighted by molar-refractivity contribution is 0.232. The maximum Gasteiger partial charge on any atom is 0.232 e. The van der Waals surface area contributed by atoms with Gasteiger partial charge in [-0.15, -0.1) is 0 Å². The average molecular weight is 212 g/mol. The Bertz CT molecular complexity index is 334. The molecule has 2 rings (SSSR count). The second kappa shape index (κ2) is 3.77. The van der Waals surface area contributed by atoms with Gasteiger partial charge in [0.05, 0.1) is 6.10 Å². The summed E-state index contributed by atoms with van der Waals surface area (Å²) in [5.74, 6) is 1.24. The third-order valence-corrected chi connectivity index (χ3v) is 2.50. The molecule has 1 fully saturated rings. The summed E-state index contributed by atoms with van der Waals surface area (Å²) in [5, 5.41) is 0.628. The minimum atomic E-state index is 0.117. The fourth-order valence-corrected chi connectivity index (χ4v) is 1.61. The molecule has 1 saturated carbocycles. The third-order valence-electron chi connectivity index (χ3n) is 2.22. The molecule has 0 atom stereocenters. The maximum absolute atomic E-state index is 6.06. The first-order valence-corrected chi connectivity index (χ1v) is 5.36. The van der Waals surface area contributed by atoms with E-state index in [-0.39, 0.29) is 6.10 Å². The standard InChI is InChI=1S/C11H14ClNO/c1-7(2)14-11-10(12)5-9(6-13-11)8-3-4-8/h5-8H,3-4H2,1-2H3. The fourth-order valence-electron chi connectivity index (χ4n) is 1.39. The fraction of sp³-hybridized carbons (Fsp3) is 0.545. The van der Waals surface area contributed by atoms with Gasteiger partial charge in [-0.2, -0.15) is 0 Å². The van der Waals surface area contributed by atoms with E-state index in [2.05, 4.69) is 4.98 Å². The van der Waals surface area contributed by atoms with Crippen molar-refractivity contribution in [3.8, 4) is 5.88 Å². The van der Waals surface area contributed by atoms with Crippen LogP contribution in [0, 0.1) is 0 Å². The molecular formula is C11H14ClNO. The van der Waals surface area contributed by atoms with Crippen LogP contribution in [-0.4, -0.2) is 11.1 Å². The van der Waals surface area contributed by atoms with Gasteiger partial charge in [-0.3, -0.25) is 0 Å². The molecular weight excluding hydrogens is 198 g/mol. The maximum atomic E-state index is 6.06. The van der Waals surface area contributed by atoms with E-state index in [9.17, 15) is 0 Å². The molecule has 1 heterocycles. The Morgan fingerprint density at radius 3 is 2.71 bits per heavy atom. The quantitative estimate of drug-likeness (QED) is 0.765. The van der Waals surface area contributed by atoms with Gasteiger partial charge in [-0.1, -0.05) is 11.6 Å². The van der Waals surface area contributed by atoms with Gasteiger partial charge in [0, 0.05) is 6.20 Å². The number of hydrogen-bond donors (Lipinski definition) is 0. The van der Waals surface area contributed by atoms with Crippen molar-refractivity contribution in [2.45, 2.75) is 38.7 Å². The highest BCUT2D eigenvalue weighted by Gasteiger charge is 2.24. The van der Waals surface area contributed by atoms with Gasteiger partial charge in [0.15, 0.2) is 0 Å². The van der Waals surface area contributed by atoms with Crippen LogP contribution in [0.2, 0.25) is 5.02 Å². The number of aromatic nitrogens is 1. The lowest BCUT2D eigenvalue weighted by Gasteiger charge is -2.10. The summed E-state index contributed by atoms with van der Waals surface area (Å²) >= 11 is 6.06. The van der Waals surface area contributed by atoms with Gasteiger partial charge in [0.1, 0.15) is 5.02 Å². The number of hydrogen-bond acceptors (Lipinski definition) is 2. The number of pyridine rings is 1. The zero-order valence-corrected chi connectivity index (χ0v) is 9.21. The molecule has 14 heavy (non-hydrogen) atoms. The van der Waals surface area contributed by atoms with Crippen molar-refractivity contribution in [2.24, 2.45) is 0 Å². The summed E-state index contributed by atoms with van der Waals surface area (Å²) in [5.41, 5.74) is 1.24. The van der Waals surface area contributed by atoms with Crippen LogP contribution < -0.4 is 4.74 Å². The minimum absolute atomic E-state index is 0.117. The Balaban J connectivity index is 2.17. The molecule has 0 saturated heterocycles. The van der Waals surface area contributed by atoms with Crippen LogP contribution in [0.15, 0.2) is 12.3 Å². The second-order valence-electron chi connectivity index (χ2n) is 4.00. The Morgan fingerprint density at radius 1 is 1.50 bits per heavy atom. The first-order valence-electron chi connectivity index (χ1n) is 4.99. The summed E-state index contributed by atoms with van der Waals surface area (Å²) in [6.07, 6.45) is 4.53. The summed E-state index contributed by atoms with van der Waals surface area (Å²) in [7, 11) is 0. The lowest BCUT2D eigenvalue weighted by Crippen LogP contribution is -2.07. The largest absolute Gasteiger partial charge is 0.474 e. The van der Waals surface area contributed by atoms with Crippen molar-refractivity contribution >= 4 is 11.6 Å². The number of nitrogens with zero attached hydrogens (tertiary/aromatic N) is 1. The molecule has 0 aromatic carbocycles. The Labute approximate surface area is 89.3 Å². The first kappa shape index (κ1) is 9.78. The van der Waals surface area contributed by atoms with E-state index in [1.165, 1.54) is 18.4 Å². The molecule has 0 unspecified atom stereocenters. The van der Waals surface area contributed by atoms with Crippen molar-refractivity contribution in [1.82, 2.24) is 4.98 Å². The van der Waals surface area contributed by atoms with Gasteiger partial charge in [-0.05, 0) is 44.2 Å². The van der Waals surface area contributed by atoms with Crippen LogP contribution >= 0.6 is 11.6 Å². The van der Waals surface area contributed by atoms with Crippen molar-refractivity contribution in [1.29, 1.82) is 0 Å². The number of halogens is 1. The molecule has 0 amide bonds. The molecule has 1 aromatic rings. The highest BCUT2D eigenvalue weighted by molar-refractivity contribution is 6.31. The van der Waals surface area contributed by atoms with Crippen LogP contribution in [-0.2, 0) is 0 Å². The summed E-state index contributed by atoms with van der Waals surface area (Å²) < 4.78 is 5.46. The topological polar surface area (TPSA) is 22.1 Å². The average Bonchev–Trinajstić information content (AvgIpc) is 2.90. The zero-order valence-electron chi connectivity index (χ0n) is 8.46. The highest BCUT2D eigenvalue weighted by atomic mass is 35.5. The monoisotopic (exact) mass is 211 g/mol. The third kappa shape index (κ3) is 2.18. The van der Waals surface area contributed by atoms with Gasteiger partial charge >= 0.3 is 0 Å². The Hall–Kier alpha value is -0.760. The van der Waals surface area contributed by atoms with Crippen molar-refractivity contribution in [2.75, 3.05) is 0 Å². The van der Waals surface area contributed by atoms with Crippen molar-refractivity contribution in [3.05, 3.63) is 22.8 Å². The predicted molar refractivity (Wildman–Crippen MR) is 57.0 cm³/mol. The Kier molecular flexibility index (Phi) is 2.64. The molecule has 1 aliphatic carbocycles. The van der Waals surface area contributed by atoms with Crippen molar-refractivity contribution < 1.29 is 4.74 Å². The zero-order chi connectivity index (χ0) is 10.1. The van der Waals surface area contributed by atoms with Gasteiger partial charge in [0.2, 0.25) is 5.88 Å². The van der Waals surface area contributed by atoms with Crippen LogP contribution in [0.25, 0.3) is 0 Å². The first-order chi connectivity index (χ1) is 6.66. The molecule has 1 aromatic heterocycles. The molecule has 0 radical (unpaired) electrons.